The van der Waals surface area contributed by atoms with Crippen LogP contribution >= 0.6 is 23.1 Å². The Bertz CT molecular complexity index is 3360. The molecule has 6 aliphatic heterocycles. The van der Waals surface area contributed by atoms with Gasteiger partial charge in [-0.2, -0.15) is 10.2 Å². The molecule has 10 rings (SSSR count). The Morgan fingerprint density at radius 3 is 1.38 bits per heavy atom. The maximum atomic E-state index is 13.3. The van der Waals surface area contributed by atoms with E-state index in [1.54, 1.807) is 53.1 Å². The van der Waals surface area contributed by atoms with Gasteiger partial charge in [-0.3, -0.25) is 68.2 Å². The highest BCUT2D eigenvalue weighted by atomic mass is 35.7. The van der Waals surface area contributed by atoms with Crippen LogP contribution in [0.4, 0.5) is 11.4 Å². The molecule has 2 atom stereocenters. The normalized spacial score (nSPS) is 20.2. The van der Waals surface area contributed by atoms with Gasteiger partial charge in [0.1, 0.15) is 12.1 Å². The molecular weight excluding hydrogens is 1140 g/mol. The quantitative estimate of drug-likeness (QED) is 0.0891. The fourth-order valence-corrected chi connectivity index (χ4v) is 14.7. The number of nitrogens with zero attached hydrogens (tertiary/aromatic N) is 7. The van der Waals surface area contributed by atoms with Gasteiger partial charge in [-0.1, -0.05) is 53.7 Å². The monoisotopic (exact) mass is 1210 g/mol. The molecule has 0 spiro atoms. The van der Waals surface area contributed by atoms with Gasteiger partial charge in [0.05, 0.1) is 58.2 Å². The minimum absolute atomic E-state index is 0. The number of piperidine rings is 4. The van der Waals surface area contributed by atoms with Crippen molar-refractivity contribution in [2.24, 2.45) is 10.8 Å². The number of anilines is 2. The number of rotatable bonds is 13. The Hall–Kier alpha value is -6.58. The second-order valence-electron chi connectivity index (χ2n) is 23.4. The topological polar surface area (TPSA) is 310 Å². The van der Waals surface area contributed by atoms with E-state index < -0.39 is 78.4 Å². The summed E-state index contributed by atoms with van der Waals surface area (Å²) in [4.78, 5) is 102. The molecule has 0 bridgehead atoms. The average molecular weight is 1210 g/mol. The first-order valence-corrected chi connectivity index (χ1v) is 31.0. The molecule has 4 aromatic rings. The van der Waals surface area contributed by atoms with Crippen LogP contribution in [-0.4, -0.2) is 148 Å². The highest BCUT2D eigenvalue weighted by molar-refractivity contribution is 8.13. The average Bonchev–Trinajstić information content (AvgIpc) is 4.40. The zero-order valence-corrected chi connectivity index (χ0v) is 49.7. The molecule has 2 unspecified atom stereocenters. The molecule has 2 aromatic carbocycles. The lowest BCUT2D eigenvalue weighted by Crippen LogP contribution is -2.54. The molecule has 8 amide bonds. The summed E-state index contributed by atoms with van der Waals surface area (Å²) in [5, 5.41) is 23.2. The van der Waals surface area contributed by atoms with Crippen molar-refractivity contribution in [2.45, 2.75) is 130 Å². The van der Waals surface area contributed by atoms with Crippen LogP contribution in [-0.2, 0) is 51.3 Å². The van der Waals surface area contributed by atoms with Crippen molar-refractivity contribution in [3.8, 4) is 0 Å². The smallest absolute Gasteiger partial charge is 0.264 e. The van der Waals surface area contributed by atoms with Gasteiger partial charge in [-0.05, 0) is 86.7 Å². The van der Waals surface area contributed by atoms with Gasteiger partial charge >= 0.3 is 0 Å². The van der Waals surface area contributed by atoms with Crippen molar-refractivity contribution < 1.29 is 55.2 Å². The highest BCUT2D eigenvalue weighted by Crippen LogP contribution is 2.35. The van der Waals surface area contributed by atoms with E-state index >= 15 is 0 Å². The number of imide groups is 4. The number of amides is 8. The van der Waals surface area contributed by atoms with E-state index in [2.05, 4.69) is 36.8 Å². The molecule has 28 heteroatoms. The van der Waals surface area contributed by atoms with Gasteiger partial charge in [0.25, 0.3) is 23.6 Å². The third kappa shape index (κ3) is 15.2. The molecule has 6 aliphatic rings. The molecule has 8 heterocycles. The van der Waals surface area contributed by atoms with Crippen LogP contribution in [0.3, 0.4) is 0 Å². The van der Waals surface area contributed by atoms with Crippen LogP contribution in [0.5, 0.6) is 0 Å². The summed E-state index contributed by atoms with van der Waals surface area (Å²) in [5.74, 6) is -4.09. The number of aromatic nitrogens is 4. The largest absolute Gasteiger partial charge is 0.380 e. The molecule has 0 aliphatic carbocycles. The molecule has 5 N–H and O–H groups in total. The van der Waals surface area contributed by atoms with E-state index in [9.17, 15) is 55.2 Å². The van der Waals surface area contributed by atoms with Crippen LogP contribution in [0.1, 0.15) is 158 Å². The first-order chi connectivity index (χ1) is 38.1. The molecule has 0 radical (unpaired) electrons. The summed E-state index contributed by atoms with van der Waals surface area (Å²) in [6.45, 7) is 14.9. The number of carbonyl (C=O) groups is 8. The second-order valence-corrected chi connectivity index (χ2v) is 28.1. The number of fused-ring (bicyclic) bond motifs is 2. The van der Waals surface area contributed by atoms with Crippen molar-refractivity contribution in [3.05, 3.63) is 94.6 Å². The first-order valence-electron chi connectivity index (χ1n) is 26.9. The van der Waals surface area contributed by atoms with Crippen molar-refractivity contribution in [3.63, 3.8) is 0 Å². The molecule has 0 saturated carbocycles. The molecule has 4 fully saturated rings. The van der Waals surface area contributed by atoms with E-state index in [1.165, 1.54) is 0 Å². The first kappa shape index (κ1) is 63.0. The second kappa shape index (κ2) is 25.5. The van der Waals surface area contributed by atoms with Gasteiger partial charge in [-0.25, -0.2) is 21.1 Å². The van der Waals surface area contributed by atoms with Crippen LogP contribution < -0.4 is 26.6 Å². The van der Waals surface area contributed by atoms with Crippen LogP contribution in [0, 0.1) is 10.8 Å². The fourth-order valence-electron chi connectivity index (χ4n) is 10.7. The summed E-state index contributed by atoms with van der Waals surface area (Å²) in [7, 11) is -1.63. The number of halogens is 2. The predicted molar refractivity (Wildman–Crippen MR) is 306 cm³/mol. The van der Waals surface area contributed by atoms with E-state index in [4.69, 9.17) is 10.7 Å². The Balaban J connectivity index is 0.000000206. The predicted octanol–water partition coefficient (Wildman–Crippen LogP) is 4.75. The summed E-state index contributed by atoms with van der Waals surface area (Å²) in [6.07, 6.45) is 11.2. The summed E-state index contributed by atoms with van der Waals surface area (Å²) in [5.41, 5.74) is 3.22. The summed E-state index contributed by atoms with van der Waals surface area (Å²) >= 11 is 0. The zero-order chi connectivity index (χ0) is 58.8. The minimum Gasteiger partial charge on any atom is -0.380 e. The number of sulfonamides is 1. The van der Waals surface area contributed by atoms with Gasteiger partial charge in [-0.15, -0.1) is 12.4 Å². The maximum absolute atomic E-state index is 13.3. The molecular formula is C54H70Cl2N12O12S2. The molecule has 82 heavy (non-hydrogen) atoms. The van der Waals surface area contributed by atoms with Gasteiger partial charge < -0.3 is 16.0 Å². The van der Waals surface area contributed by atoms with Gasteiger partial charge in [0, 0.05) is 84.6 Å². The Labute approximate surface area is 487 Å². The van der Waals surface area contributed by atoms with E-state index in [0.717, 1.165) is 46.9 Å². The number of nitrogens with one attached hydrogen (secondary N) is 5. The maximum Gasteiger partial charge on any atom is 0.264 e. The number of hydrogen-bond donors (Lipinski definition) is 5. The standard InChI is InChI=1S/C27H34N6O6S.C22H24N6O4.C5H11ClO2S.ClH/c1-27(2,3)16-40(38,39)31-11-9-18(10-12-31)32-15-17(14-29-32)13-28-20-6-4-5-19-23(20)26(37)33(25(19)36)21-7-8-22(34)30-24(21)35;29-18-5-4-17(20(30)26-18)28-21(31)15-2-1-3-16(19(15)22(28)32)24-10-13-11-25-27(12-13)14-6-8-23-9-7-14;1-5(2,3)4-9(6,7)8;/h4-6,14-15,18,21,28H,7-13,16H2,1-3H3,(H,30,34,35);1-3,11-12,14,17,23-24H,4-10H2,(H,26,29,30);4H2,1-3H3;1H. The third-order valence-electron chi connectivity index (χ3n) is 14.3. The molecule has 24 nitrogen and oxygen atoms in total. The van der Waals surface area contributed by atoms with E-state index in [-0.39, 0.29) is 88.7 Å². The Morgan fingerprint density at radius 2 is 1.00 bits per heavy atom. The van der Waals surface area contributed by atoms with Gasteiger partial charge in [0.2, 0.25) is 42.7 Å². The lowest BCUT2D eigenvalue weighted by atomic mass is 10.0. The summed E-state index contributed by atoms with van der Waals surface area (Å²) in [6, 6.07) is 8.43. The van der Waals surface area contributed by atoms with E-state index in [1.807, 2.05) is 63.3 Å². The third-order valence-corrected chi connectivity index (χ3v) is 18.2. The van der Waals surface area contributed by atoms with Crippen molar-refractivity contribution in [1.29, 1.82) is 0 Å². The lowest BCUT2D eigenvalue weighted by Gasteiger charge is -2.33. The van der Waals surface area contributed by atoms with Crippen LogP contribution in [0.25, 0.3) is 0 Å². The van der Waals surface area contributed by atoms with Gasteiger partial charge in [0.15, 0.2) is 0 Å². The summed E-state index contributed by atoms with van der Waals surface area (Å²) < 4.78 is 51.7. The van der Waals surface area contributed by atoms with Crippen LogP contribution in [0.15, 0.2) is 61.2 Å². The fraction of sp³-hybridized carbons (Fsp3) is 0.519. The SMILES string of the molecule is CC(C)(C)CS(=O)(=O)Cl.CC(C)(C)CS(=O)(=O)N1CCC(n2cc(CNc3cccc4c3C(=O)N(C3CCC(=O)NC3=O)C4=O)cn2)CC1.Cl.O=C1CCC(N2C(=O)c3cccc(NCc4cnn(C5CCNCC5)c4)c3C2=O)C(=O)N1. The highest BCUT2D eigenvalue weighted by Gasteiger charge is 2.47. The Kier molecular flexibility index (Phi) is 19.6. The zero-order valence-electron chi connectivity index (χ0n) is 46.5. The van der Waals surface area contributed by atoms with E-state index in [0.29, 0.717) is 56.4 Å². The molecule has 444 valence electrons. The van der Waals surface area contributed by atoms with Crippen LogP contribution in [0.2, 0.25) is 0 Å². The molecule has 4 saturated heterocycles. The van der Waals surface area contributed by atoms with Crippen molar-refractivity contribution in [2.75, 3.05) is 48.3 Å². The van der Waals surface area contributed by atoms with Crippen molar-refractivity contribution in [1.82, 2.24) is 49.6 Å². The van der Waals surface area contributed by atoms with Crippen molar-refractivity contribution >= 4 is 101 Å². The number of benzene rings is 2. The minimum atomic E-state index is -3.31. The Morgan fingerprint density at radius 1 is 0.585 bits per heavy atom. The lowest BCUT2D eigenvalue weighted by molar-refractivity contribution is -0.137. The number of hydrogen-bond acceptors (Lipinski definition) is 17. The number of carbonyl (C=O) groups excluding carboxylic acids is 8. The molecule has 2 aromatic heterocycles.